The number of rotatable bonds is 4. The standard InChI is InChI=1S/C11H17NO/c1-5-7-8-11(6-2)9(3)12-10(4)13/h5,7-8H,1,6H2,2-4H3,(H,12,13)/b8-7-,11-9+. The first kappa shape index (κ1) is 11.7. The maximum absolute atomic E-state index is 10.8. The highest BCUT2D eigenvalue weighted by atomic mass is 16.1. The topological polar surface area (TPSA) is 29.1 Å². The Morgan fingerprint density at radius 1 is 1.46 bits per heavy atom. The van der Waals surface area contributed by atoms with E-state index in [1.165, 1.54) is 6.92 Å². The molecule has 2 heteroatoms. The first-order chi connectivity index (χ1) is 6.11. The summed E-state index contributed by atoms with van der Waals surface area (Å²) in [5.74, 6) is -0.0320. The molecule has 1 N–H and O–H groups in total. The summed E-state index contributed by atoms with van der Waals surface area (Å²) in [4.78, 5) is 10.8. The minimum Gasteiger partial charge on any atom is -0.330 e. The van der Waals surface area contributed by atoms with E-state index in [1.807, 2.05) is 26.0 Å². The van der Waals surface area contributed by atoms with Crippen LogP contribution in [0.4, 0.5) is 0 Å². The summed E-state index contributed by atoms with van der Waals surface area (Å²) in [6.07, 6.45) is 6.44. The summed E-state index contributed by atoms with van der Waals surface area (Å²) in [7, 11) is 0. The zero-order valence-electron chi connectivity index (χ0n) is 8.55. The van der Waals surface area contributed by atoms with Gasteiger partial charge in [-0.25, -0.2) is 0 Å². The third kappa shape index (κ3) is 5.01. The van der Waals surface area contributed by atoms with Crippen LogP contribution >= 0.6 is 0 Å². The van der Waals surface area contributed by atoms with Crippen LogP contribution in [0.5, 0.6) is 0 Å². The molecule has 1 amide bonds. The van der Waals surface area contributed by atoms with Crippen LogP contribution in [-0.2, 0) is 4.79 Å². The molecule has 0 rings (SSSR count). The summed E-state index contributed by atoms with van der Waals surface area (Å²) in [5.41, 5.74) is 2.03. The van der Waals surface area contributed by atoms with Crippen LogP contribution in [0.25, 0.3) is 0 Å². The molecular formula is C11H17NO. The van der Waals surface area contributed by atoms with E-state index in [-0.39, 0.29) is 5.91 Å². The lowest BCUT2D eigenvalue weighted by Gasteiger charge is -2.06. The molecule has 0 unspecified atom stereocenters. The molecule has 2 nitrogen and oxygen atoms in total. The maximum Gasteiger partial charge on any atom is 0.220 e. The van der Waals surface area contributed by atoms with Gasteiger partial charge in [0.2, 0.25) is 5.91 Å². The lowest BCUT2D eigenvalue weighted by molar-refractivity contribution is -0.118. The van der Waals surface area contributed by atoms with Gasteiger partial charge in [0.05, 0.1) is 0 Å². The molecule has 0 spiro atoms. The number of carbonyl (C=O) groups is 1. The second kappa shape index (κ2) is 6.23. The maximum atomic E-state index is 10.8. The van der Waals surface area contributed by atoms with E-state index in [0.29, 0.717) is 0 Å². The van der Waals surface area contributed by atoms with Gasteiger partial charge in [0.25, 0.3) is 0 Å². The monoisotopic (exact) mass is 179 g/mol. The molecule has 72 valence electrons. The van der Waals surface area contributed by atoms with E-state index in [1.54, 1.807) is 6.08 Å². The third-order valence-electron chi connectivity index (χ3n) is 1.66. The van der Waals surface area contributed by atoms with Crippen molar-refractivity contribution in [3.8, 4) is 0 Å². The Bertz CT molecular complexity index is 249. The van der Waals surface area contributed by atoms with Gasteiger partial charge in [-0.2, -0.15) is 0 Å². The molecule has 0 radical (unpaired) electrons. The van der Waals surface area contributed by atoms with Crippen LogP contribution in [0, 0.1) is 0 Å². The predicted octanol–water partition coefficient (Wildman–Crippen LogP) is 2.55. The molecule has 0 fully saturated rings. The molecule has 0 aromatic heterocycles. The van der Waals surface area contributed by atoms with Gasteiger partial charge >= 0.3 is 0 Å². The van der Waals surface area contributed by atoms with Crippen LogP contribution in [-0.4, -0.2) is 5.91 Å². The van der Waals surface area contributed by atoms with Crippen molar-refractivity contribution in [1.29, 1.82) is 0 Å². The van der Waals surface area contributed by atoms with Crippen LogP contribution in [0.3, 0.4) is 0 Å². The number of amides is 1. The first-order valence-electron chi connectivity index (χ1n) is 4.38. The van der Waals surface area contributed by atoms with Crippen molar-refractivity contribution >= 4 is 5.91 Å². The molecule has 0 saturated heterocycles. The normalized spacial score (nSPS) is 12.5. The van der Waals surface area contributed by atoms with Crippen molar-refractivity contribution in [2.75, 3.05) is 0 Å². The van der Waals surface area contributed by atoms with Crippen molar-refractivity contribution < 1.29 is 4.79 Å². The second-order valence-electron chi connectivity index (χ2n) is 2.78. The summed E-state index contributed by atoms with van der Waals surface area (Å²) >= 11 is 0. The van der Waals surface area contributed by atoms with E-state index in [9.17, 15) is 4.79 Å². The van der Waals surface area contributed by atoms with Crippen LogP contribution in [0.1, 0.15) is 27.2 Å². The lowest BCUT2D eigenvalue weighted by Crippen LogP contribution is -2.18. The summed E-state index contributed by atoms with van der Waals surface area (Å²) in [5, 5.41) is 2.76. The predicted molar refractivity (Wildman–Crippen MR) is 56.1 cm³/mol. The van der Waals surface area contributed by atoms with Crippen molar-refractivity contribution in [3.63, 3.8) is 0 Å². The fraction of sp³-hybridized carbons (Fsp3) is 0.364. The fourth-order valence-corrected chi connectivity index (χ4v) is 1.04. The van der Waals surface area contributed by atoms with Gasteiger partial charge in [-0.15, -0.1) is 0 Å². The molecule has 0 atom stereocenters. The highest BCUT2D eigenvalue weighted by molar-refractivity contribution is 5.75. The van der Waals surface area contributed by atoms with E-state index < -0.39 is 0 Å². The smallest absolute Gasteiger partial charge is 0.220 e. The highest BCUT2D eigenvalue weighted by Crippen LogP contribution is 2.07. The molecule has 0 aromatic rings. The highest BCUT2D eigenvalue weighted by Gasteiger charge is 1.97. The molecular weight excluding hydrogens is 162 g/mol. The van der Waals surface area contributed by atoms with Gasteiger partial charge in [0.1, 0.15) is 0 Å². The van der Waals surface area contributed by atoms with Crippen LogP contribution in [0.2, 0.25) is 0 Å². The summed E-state index contributed by atoms with van der Waals surface area (Å²) < 4.78 is 0. The Balaban J connectivity index is 4.57. The fourth-order valence-electron chi connectivity index (χ4n) is 1.04. The zero-order chi connectivity index (χ0) is 10.3. The third-order valence-corrected chi connectivity index (χ3v) is 1.66. The quantitative estimate of drug-likeness (QED) is 0.660. The number of hydrogen-bond acceptors (Lipinski definition) is 1. The summed E-state index contributed by atoms with van der Waals surface area (Å²) in [6, 6.07) is 0. The van der Waals surface area contributed by atoms with Gasteiger partial charge in [-0.1, -0.05) is 31.7 Å². The molecule has 0 aromatic carbocycles. The largest absolute Gasteiger partial charge is 0.330 e. The first-order valence-corrected chi connectivity index (χ1v) is 4.38. The van der Waals surface area contributed by atoms with Crippen LogP contribution in [0.15, 0.2) is 36.1 Å². The van der Waals surface area contributed by atoms with Crippen molar-refractivity contribution in [2.24, 2.45) is 0 Å². The number of allylic oxidation sites excluding steroid dienone is 5. The molecule has 0 saturated carbocycles. The van der Waals surface area contributed by atoms with Gasteiger partial charge in [0, 0.05) is 12.6 Å². The minimum atomic E-state index is -0.0320. The minimum absolute atomic E-state index is 0.0320. The van der Waals surface area contributed by atoms with E-state index >= 15 is 0 Å². The molecule has 0 aliphatic heterocycles. The number of nitrogens with one attached hydrogen (secondary N) is 1. The summed E-state index contributed by atoms with van der Waals surface area (Å²) in [6.45, 7) is 9.04. The number of hydrogen-bond donors (Lipinski definition) is 1. The van der Waals surface area contributed by atoms with Crippen molar-refractivity contribution in [3.05, 3.63) is 36.1 Å². The van der Waals surface area contributed by atoms with Crippen molar-refractivity contribution in [1.82, 2.24) is 5.32 Å². The Morgan fingerprint density at radius 3 is 2.46 bits per heavy atom. The van der Waals surface area contributed by atoms with Crippen molar-refractivity contribution in [2.45, 2.75) is 27.2 Å². The Hall–Kier alpha value is -1.31. The van der Waals surface area contributed by atoms with Crippen LogP contribution < -0.4 is 5.32 Å². The molecule has 13 heavy (non-hydrogen) atoms. The van der Waals surface area contributed by atoms with Gasteiger partial charge in [-0.3, -0.25) is 4.79 Å². The SMILES string of the molecule is C=C/C=C\C(CC)=C(/C)NC(C)=O. The van der Waals surface area contributed by atoms with E-state index in [2.05, 4.69) is 11.9 Å². The molecule has 0 bridgehead atoms. The van der Waals surface area contributed by atoms with E-state index in [4.69, 9.17) is 0 Å². The second-order valence-corrected chi connectivity index (χ2v) is 2.78. The average Bonchev–Trinajstić information content (AvgIpc) is 2.04. The number of carbonyl (C=O) groups excluding carboxylic acids is 1. The van der Waals surface area contributed by atoms with Gasteiger partial charge < -0.3 is 5.32 Å². The molecule has 0 heterocycles. The Labute approximate surface area is 80.0 Å². The average molecular weight is 179 g/mol. The van der Waals surface area contributed by atoms with Gasteiger partial charge in [0.15, 0.2) is 0 Å². The Kier molecular flexibility index (Phi) is 5.60. The van der Waals surface area contributed by atoms with Gasteiger partial charge in [-0.05, 0) is 18.9 Å². The van der Waals surface area contributed by atoms with E-state index in [0.717, 1.165) is 17.7 Å². The Morgan fingerprint density at radius 2 is 2.08 bits per heavy atom. The molecule has 0 aliphatic rings. The lowest BCUT2D eigenvalue weighted by atomic mass is 10.1. The molecule has 0 aliphatic carbocycles. The zero-order valence-corrected chi connectivity index (χ0v) is 8.55.